The molecule has 6 nitrogen and oxygen atoms in total. The summed E-state index contributed by atoms with van der Waals surface area (Å²) >= 11 is 0. The standard InChI is InChI=1S/C15H22N4O2/c1-11(2)19-9-8-18(10-13(19)14(20)16-3)15(21)12-6-4-5-7-17-12/h4-7,11,13H,8-10H2,1-3H3,(H,16,20). The highest BCUT2D eigenvalue weighted by Crippen LogP contribution is 2.15. The molecule has 1 saturated heterocycles. The largest absolute Gasteiger partial charge is 0.358 e. The highest BCUT2D eigenvalue weighted by molar-refractivity contribution is 5.93. The van der Waals surface area contributed by atoms with E-state index in [1.165, 1.54) is 0 Å². The van der Waals surface area contributed by atoms with Gasteiger partial charge >= 0.3 is 0 Å². The van der Waals surface area contributed by atoms with Crippen molar-refractivity contribution in [3.8, 4) is 0 Å². The van der Waals surface area contributed by atoms with Gasteiger partial charge in [0.15, 0.2) is 0 Å². The Balaban J connectivity index is 2.14. The Hall–Kier alpha value is -1.95. The first-order chi connectivity index (χ1) is 10.0. The zero-order valence-corrected chi connectivity index (χ0v) is 12.7. The van der Waals surface area contributed by atoms with Crippen molar-refractivity contribution in [2.24, 2.45) is 0 Å². The lowest BCUT2D eigenvalue weighted by Crippen LogP contribution is -2.61. The number of pyridine rings is 1. The van der Waals surface area contributed by atoms with Crippen LogP contribution in [-0.4, -0.2) is 65.4 Å². The monoisotopic (exact) mass is 290 g/mol. The SMILES string of the molecule is CNC(=O)C1CN(C(=O)c2ccccn2)CCN1C(C)C. The minimum atomic E-state index is -0.309. The topological polar surface area (TPSA) is 65.5 Å². The third-order valence-corrected chi connectivity index (χ3v) is 3.81. The van der Waals surface area contributed by atoms with Crippen LogP contribution in [-0.2, 0) is 4.79 Å². The van der Waals surface area contributed by atoms with Gasteiger partial charge in [-0.2, -0.15) is 0 Å². The minimum Gasteiger partial charge on any atom is -0.358 e. The number of piperazine rings is 1. The van der Waals surface area contributed by atoms with Gasteiger partial charge in [0.2, 0.25) is 5.91 Å². The van der Waals surface area contributed by atoms with Gasteiger partial charge in [0.1, 0.15) is 11.7 Å². The maximum absolute atomic E-state index is 12.4. The van der Waals surface area contributed by atoms with E-state index in [4.69, 9.17) is 0 Å². The van der Waals surface area contributed by atoms with Crippen molar-refractivity contribution >= 4 is 11.8 Å². The molecule has 0 spiro atoms. The van der Waals surface area contributed by atoms with Crippen LogP contribution in [0.2, 0.25) is 0 Å². The van der Waals surface area contributed by atoms with Crippen molar-refractivity contribution < 1.29 is 9.59 Å². The molecule has 1 aliphatic rings. The van der Waals surface area contributed by atoms with Crippen LogP contribution in [0.15, 0.2) is 24.4 Å². The summed E-state index contributed by atoms with van der Waals surface area (Å²) in [5.41, 5.74) is 0.422. The molecule has 1 unspecified atom stereocenters. The fourth-order valence-corrected chi connectivity index (χ4v) is 2.65. The van der Waals surface area contributed by atoms with E-state index in [0.717, 1.165) is 0 Å². The van der Waals surface area contributed by atoms with E-state index in [-0.39, 0.29) is 23.9 Å². The third kappa shape index (κ3) is 3.39. The van der Waals surface area contributed by atoms with Crippen LogP contribution in [0.1, 0.15) is 24.3 Å². The summed E-state index contributed by atoms with van der Waals surface area (Å²) in [5, 5.41) is 2.68. The molecular weight excluding hydrogens is 268 g/mol. The van der Waals surface area contributed by atoms with E-state index in [0.29, 0.717) is 25.3 Å². The molecule has 0 saturated carbocycles. The molecule has 0 bridgehead atoms. The van der Waals surface area contributed by atoms with Crippen molar-refractivity contribution in [3.05, 3.63) is 30.1 Å². The predicted octanol–water partition coefficient (Wildman–Crippen LogP) is 0.362. The van der Waals surface area contributed by atoms with Crippen molar-refractivity contribution in [2.75, 3.05) is 26.7 Å². The molecule has 0 aliphatic carbocycles. The summed E-state index contributed by atoms with van der Waals surface area (Å²) in [6.07, 6.45) is 1.60. The van der Waals surface area contributed by atoms with Crippen LogP contribution < -0.4 is 5.32 Å². The van der Waals surface area contributed by atoms with Crippen molar-refractivity contribution in [2.45, 2.75) is 25.9 Å². The summed E-state index contributed by atoms with van der Waals surface area (Å²) < 4.78 is 0. The van der Waals surface area contributed by atoms with Crippen molar-refractivity contribution in [1.29, 1.82) is 0 Å². The Morgan fingerprint density at radius 3 is 2.67 bits per heavy atom. The number of likely N-dealkylation sites (N-methyl/N-ethyl adjacent to an activating group) is 1. The zero-order valence-electron chi connectivity index (χ0n) is 12.7. The molecule has 6 heteroatoms. The van der Waals surface area contributed by atoms with Crippen LogP contribution in [0.3, 0.4) is 0 Å². The van der Waals surface area contributed by atoms with Crippen LogP contribution >= 0.6 is 0 Å². The molecule has 1 N–H and O–H groups in total. The van der Waals surface area contributed by atoms with Gasteiger partial charge in [-0.1, -0.05) is 6.07 Å². The van der Waals surface area contributed by atoms with Gasteiger partial charge in [-0.25, -0.2) is 0 Å². The first kappa shape index (κ1) is 15.4. The van der Waals surface area contributed by atoms with E-state index in [1.54, 1.807) is 36.3 Å². The molecule has 114 valence electrons. The van der Waals surface area contributed by atoms with E-state index in [1.807, 2.05) is 0 Å². The van der Waals surface area contributed by atoms with Crippen molar-refractivity contribution in [1.82, 2.24) is 20.1 Å². The smallest absolute Gasteiger partial charge is 0.272 e. The van der Waals surface area contributed by atoms with Gasteiger partial charge in [-0.15, -0.1) is 0 Å². The second-order valence-corrected chi connectivity index (χ2v) is 5.43. The fourth-order valence-electron chi connectivity index (χ4n) is 2.65. The maximum atomic E-state index is 12.4. The van der Waals surface area contributed by atoms with Gasteiger partial charge in [0, 0.05) is 38.9 Å². The number of rotatable bonds is 3. The summed E-state index contributed by atoms with van der Waals surface area (Å²) in [6.45, 7) is 5.82. The third-order valence-electron chi connectivity index (χ3n) is 3.81. The summed E-state index contributed by atoms with van der Waals surface area (Å²) in [6, 6.07) is 5.23. The molecule has 1 aromatic rings. The molecule has 2 heterocycles. The van der Waals surface area contributed by atoms with Gasteiger partial charge in [0.25, 0.3) is 5.91 Å². The number of carbonyl (C=O) groups is 2. The lowest BCUT2D eigenvalue weighted by Gasteiger charge is -2.42. The Labute approximate surface area is 125 Å². The minimum absolute atomic E-state index is 0.0535. The molecule has 1 aromatic heterocycles. The lowest BCUT2D eigenvalue weighted by atomic mass is 10.1. The molecule has 1 aliphatic heterocycles. The second kappa shape index (κ2) is 6.67. The second-order valence-electron chi connectivity index (χ2n) is 5.43. The van der Waals surface area contributed by atoms with E-state index in [9.17, 15) is 9.59 Å². The first-order valence-corrected chi connectivity index (χ1v) is 7.22. The fraction of sp³-hybridized carbons (Fsp3) is 0.533. The van der Waals surface area contributed by atoms with Crippen LogP contribution in [0.25, 0.3) is 0 Å². The van der Waals surface area contributed by atoms with Gasteiger partial charge in [-0.05, 0) is 26.0 Å². The van der Waals surface area contributed by atoms with Gasteiger partial charge in [-0.3, -0.25) is 19.5 Å². The molecular formula is C15H22N4O2. The quantitative estimate of drug-likeness (QED) is 0.873. The highest BCUT2D eigenvalue weighted by Gasteiger charge is 2.35. The van der Waals surface area contributed by atoms with Crippen molar-refractivity contribution in [3.63, 3.8) is 0 Å². The molecule has 0 aromatic carbocycles. The Morgan fingerprint density at radius 1 is 1.33 bits per heavy atom. The van der Waals surface area contributed by atoms with E-state index < -0.39 is 0 Å². The zero-order chi connectivity index (χ0) is 15.4. The number of carbonyl (C=O) groups excluding carboxylic acids is 2. The number of hydrogen-bond acceptors (Lipinski definition) is 4. The number of hydrogen-bond donors (Lipinski definition) is 1. The predicted molar refractivity (Wildman–Crippen MR) is 79.8 cm³/mol. The van der Waals surface area contributed by atoms with Crippen LogP contribution in [0.5, 0.6) is 0 Å². The Morgan fingerprint density at radius 2 is 2.10 bits per heavy atom. The van der Waals surface area contributed by atoms with Gasteiger partial charge < -0.3 is 10.2 Å². The molecule has 21 heavy (non-hydrogen) atoms. The average molecular weight is 290 g/mol. The normalized spacial score (nSPS) is 19.6. The van der Waals surface area contributed by atoms with E-state index >= 15 is 0 Å². The molecule has 2 amide bonds. The van der Waals surface area contributed by atoms with Crippen LogP contribution in [0.4, 0.5) is 0 Å². The van der Waals surface area contributed by atoms with Gasteiger partial charge in [0.05, 0.1) is 0 Å². The molecule has 1 atom stereocenters. The Bertz CT molecular complexity index is 504. The molecule has 1 fully saturated rings. The average Bonchev–Trinajstić information content (AvgIpc) is 2.53. The van der Waals surface area contributed by atoms with Crippen LogP contribution in [0, 0.1) is 0 Å². The number of nitrogens with one attached hydrogen (secondary N) is 1. The summed E-state index contributed by atoms with van der Waals surface area (Å²) in [4.78, 5) is 32.5. The maximum Gasteiger partial charge on any atom is 0.272 e. The molecule has 2 rings (SSSR count). The Kier molecular flexibility index (Phi) is 4.90. The highest BCUT2D eigenvalue weighted by atomic mass is 16.2. The summed E-state index contributed by atoms with van der Waals surface area (Å²) in [5.74, 6) is -0.171. The summed E-state index contributed by atoms with van der Waals surface area (Å²) in [7, 11) is 1.63. The number of amides is 2. The molecule has 0 radical (unpaired) electrons. The lowest BCUT2D eigenvalue weighted by molar-refractivity contribution is -0.128. The number of aromatic nitrogens is 1. The first-order valence-electron chi connectivity index (χ1n) is 7.22. The van der Waals surface area contributed by atoms with E-state index in [2.05, 4.69) is 29.0 Å². The number of nitrogens with zero attached hydrogens (tertiary/aromatic N) is 3.